The molecule has 1 fully saturated rings. The molecular formula is C11H20O2. The van der Waals surface area contributed by atoms with Crippen molar-refractivity contribution in [2.75, 3.05) is 0 Å². The molecular weight excluding hydrogens is 164 g/mol. The van der Waals surface area contributed by atoms with E-state index in [1.165, 1.54) is 0 Å². The molecule has 0 radical (unpaired) electrons. The van der Waals surface area contributed by atoms with E-state index < -0.39 is 6.10 Å². The fourth-order valence-corrected chi connectivity index (χ4v) is 1.97. The van der Waals surface area contributed by atoms with Gasteiger partial charge < -0.3 is 5.11 Å². The third-order valence-corrected chi connectivity index (χ3v) is 3.28. The van der Waals surface area contributed by atoms with Gasteiger partial charge in [-0.25, -0.2) is 0 Å². The summed E-state index contributed by atoms with van der Waals surface area (Å²) < 4.78 is 0. The molecule has 1 N–H and O–H groups in total. The minimum atomic E-state index is -0.787. The van der Waals surface area contributed by atoms with Gasteiger partial charge in [0.2, 0.25) is 0 Å². The first-order chi connectivity index (χ1) is 5.77. The molecule has 1 rings (SSSR count). The zero-order valence-corrected chi connectivity index (χ0v) is 9.05. The zero-order chi connectivity index (χ0) is 10.3. The smallest absolute Gasteiger partial charge is 0.167 e. The summed E-state index contributed by atoms with van der Waals surface area (Å²) in [6, 6.07) is 0. The Hall–Kier alpha value is -0.370. The molecule has 0 heterocycles. The van der Waals surface area contributed by atoms with Crippen molar-refractivity contribution < 1.29 is 9.90 Å². The van der Waals surface area contributed by atoms with Crippen LogP contribution in [0.3, 0.4) is 0 Å². The minimum absolute atomic E-state index is 0.00926. The highest BCUT2D eigenvalue weighted by atomic mass is 16.3. The van der Waals surface area contributed by atoms with Gasteiger partial charge in [-0.1, -0.05) is 34.1 Å². The molecule has 0 amide bonds. The Kier molecular flexibility index (Phi) is 2.54. The molecule has 1 unspecified atom stereocenters. The standard InChI is InChI=1S/C11H20O2/c1-10(2)6-5-7-11(3,4)9(13)8(10)12/h8,12H,5-7H2,1-4H3. The van der Waals surface area contributed by atoms with Gasteiger partial charge in [-0.05, 0) is 18.3 Å². The molecule has 0 aromatic carbocycles. The molecule has 0 saturated heterocycles. The summed E-state index contributed by atoms with van der Waals surface area (Å²) in [5, 5.41) is 9.87. The third-order valence-electron chi connectivity index (χ3n) is 3.28. The van der Waals surface area contributed by atoms with Gasteiger partial charge >= 0.3 is 0 Å². The molecule has 0 aromatic heterocycles. The van der Waals surface area contributed by atoms with Gasteiger partial charge in [0.15, 0.2) is 5.78 Å². The molecule has 1 aliphatic carbocycles. The van der Waals surface area contributed by atoms with Crippen LogP contribution in [0.1, 0.15) is 47.0 Å². The average molecular weight is 184 g/mol. The monoisotopic (exact) mass is 184 g/mol. The van der Waals surface area contributed by atoms with Crippen LogP contribution >= 0.6 is 0 Å². The number of ketones is 1. The number of hydrogen-bond acceptors (Lipinski definition) is 2. The second kappa shape index (κ2) is 3.09. The van der Waals surface area contributed by atoms with E-state index in [1.54, 1.807) is 0 Å². The van der Waals surface area contributed by atoms with Crippen molar-refractivity contribution in [2.24, 2.45) is 10.8 Å². The first kappa shape index (κ1) is 10.7. The van der Waals surface area contributed by atoms with Crippen molar-refractivity contribution in [2.45, 2.75) is 53.1 Å². The number of Topliss-reactive ketones (excluding diaryl/α,β-unsaturated/α-hetero) is 1. The topological polar surface area (TPSA) is 37.3 Å². The van der Waals surface area contributed by atoms with Crippen molar-refractivity contribution in [3.8, 4) is 0 Å². The molecule has 2 heteroatoms. The molecule has 76 valence electrons. The second-order valence-corrected chi connectivity index (χ2v) is 5.49. The van der Waals surface area contributed by atoms with Crippen LogP contribution in [-0.4, -0.2) is 17.0 Å². The lowest BCUT2D eigenvalue weighted by Gasteiger charge is -2.29. The summed E-state index contributed by atoms with van der Waals surface area (Å²) in [5.74, 6) is 0.00926. The Morgan fingerprint density at radius 1 is 1.23 bits per heavy atom. The lowest BCUT2D eigenvalue weighted by atomic mass is 9.78. The summed E-state index contributed by atoms with van der Waals surface area (Å²) in [5.41, 5.74) is -0.585. The molecule has 1 atom stereocenters. The number of carbonyl (C=O) groups is 1. The Labute approximate surface area is 80.3 Å². The van der Waals surface area contributed by atoms with Crippen molar-refractivity contribution >= 4 is 5.78 Å². The van der Waals surface area contributed by atoms with Crippen LogP contribution in [0, 0.1) is 10.8 Å². The van der Waals surface area contributed by atoms with Crippen molar-refractivity contribution in [1.29, 1.82) is 0 Å². The molecule has 1 aliphatic rings. The van der Waals surface area contributed by atoms with Crippen molar-refractivity contribution in [3.05, 3.63) is 0 Å². The maximum absolute atomic E-state index is 11.8. The van der Waals surface area contributed by atoms with Gasteiger partial charge in [0.1, 0.15) is 6.10 Å². The van der Waals surface area contributed by atoms with Gasteiger partial charge in [0, 0.05) is 5.41 Å². The van der Waals surface area contributed by atoms with Crippen LogP contribution in [-0.2, 0) is 4.79 Å². The van der Waals surface area contributed by atoms with Crippen LogP contribution < -0.4 is 0 Å². The quantitative estimate of drug-likeness (QED) is 0.586. The largest absolute Gasteiger partial charge is 0.385 e. The first-order valence-electron chi connectivity index (χ1n) is 5.00. The average Bonchev–Trinajstić information content (AvgIpc) is 2.04. The summed E-state index contributed by atoms with van der Waals surface area (Å²) in [7, 11) is 0. The van der Waals surface area contributed by atoms with E-state index in [1.807, 2.05) is 27.7 Å². The van der Waals surface area contributed by atoms with Gasteiger partial charge in [-0.3, -0.25) is 4.79 Å². The Balaban J connectivity index is 2.94. The number of rotatable bonds is 0. The van der Waals surface area contributed by atoms with E-state index in [0.29, 0.717) is 0 Å². The lowest BCUT2D eigenvalue weighted by Crippen LogP contribution is -2.40. The van der Waals surface area contributed by atoms with Crippen molar-refractivity contribution in [3.63, 3.8) is 0 Å². The predicted molar refractivity (Wildman–Crippen MR) is 52.4 cm³/mol. The van der Waals surface area contributed by atoms with Gasteiger partial charge in [0.05, 0.1) is 0 Å². The number of aliphatic hydroxyl groups is 1. The van der Waals surface area contributed by atoms with E-state index in [-0.39, 0.29) is 16.6 Å². The normalized spacial score (nSPS) is 32.7. The lowest BCUT2D eigenvalue weighted by molar-refractivity contribution is -0.140. The van der Waals surface area contributed by atoms with Crippen LogP contribution in [0.4, 0.5) is 0 Å². The van der Waals surface area contributed by atoms with Crippen LogP contribution in [0.15, 0.2) is 0 Å². The van der Waals surface area contributed by atoms with Gasteiger partial charge in [0.25, 0.3) is 0 Å². The molecule has 0 aliphatic heterocycles. The maximum atomic E-state index is 11.8. The van der Waals surface area contributed by atoms with Gasteiger partial charge in [-0.2, -0.15) is 0 Å². The van der Waals surface area contributed by atoms with E-state index in [2.05, 4.69) is 0 Å². The van der Waals surface area contributed by atoms with E-state index >= 15 is 0 Å². The van der Waals surface area contributed by atoms with E-state index in [0.717, 1.165) is 19.3 Å². The minimum Gasteiger partial charge on any atom is -0.385 e. The number of hydrogen-bond donors (Lipinski definition) is 1. The highest BCUT2D eigenvalue weighted by Crippen LogP contribution is 2.39. The van der Waals surface area contributed by atoms with Crippen LogP contribution in [0.5, 0.6) is 0 Å². The summed E-state index contributed by atoms with van der Waals surface area (Å²) in [4.78, 5) is 11.8. The Bertz CT molecular complexity index is 216. The Morgan fingerprint density at radius 3 is 2.31 bits per heavy atom. The number of carbonyl (C=O) groups excluding carboxylic acids is 1. The van der Waals surface area contributed by atoms with E-state index in [9.17, 15) is 9.90 Å². The molecule has 0 bridgehead atoms. The summed E-state index contributed by atoms with van der Waals surface area (Å²) >= 11 is 0. The third kappa shape index (κ3) is 1.93. The highest BCUT2D eigenvalue weighted by Gasteiger charge is 2.43. The Morgan fingerprint density at radius 2 is 1.77 bits per heavy atom. The molecule has 0 spiro atoms. The zero-order valence-electron chi connectivity index (χ0n) is 9.05. The van der Waals surface area contributed by atoms with E-state index in [4.69, 9.17) is 0 Å². The summed E-state index contributed by atoms with van der Waals surface area (Å²) in [6.07, 6.45) is 2.07. The molecule has 0 aromatic rings. The van der Waals surface area contributed by atoms with Crippen molar-refractivity contribution in [1.82, 2.24) is 0 Å². The van der Waals surface area contributed by atoms with Crippen LogP contribution in [0.2, 0.25) is 0 Å². The predicted octanol–water partition coefficient (Wildman–Crippen LogP) is 2.15. The molecule has 2 nitrogen and oxygen atoms in total. The maximum Gasteiger partial charge on any atom is 0.167 e. The summed E-state index contributed by atoms with van der Waals surface area (Å²) in [6.45, 7) is 7.80. The molecule has 13 heavy (non-hydrogen) atoms. The molecule has 1 saturated carbocycles. The fourth-order valence-electron chi connectivity index (χ4n) is 1.97. The highest BCUT2D eigenvalue weighted by molar-refractivity contribution is 5.88. The van der Waals surface area contributed by atoms with Crippen LogP contribution in [0.25, 0.3) is 0 Å². The van der Waals surface area contributed by atoms with Gasteiger partial charge in [-0.15, -0.1) is 0 Å². The fraction of sp³-hybridized carbons (Fsp3) is 0.909. The first-order valence-corrected chi connectivity index (χ1v) is 5.00. The second-order valence-electron chi connectivity index (χ2n) is 5.49. The number of aliphatic hydroxyl groups excluding tert-OH is 1. The SMILES string of the molecule is CC1(C)CCCC(C)(C)C(O)C1=O.